The standard InChI is InChI=1S/C26H32O4/c1-5-7-8-9-10-23-25(28-3)18-20(19-26(23)29-4)11-16-24(27)21-12-14-22(15-13-21)30-17-6-2/h6,11-16,18-19H,2,5,7-10,17H2,1,3-4H3. The van der Waals surface area contributed by atoms with Crippen molar-refractivity contribution >= 4 is 11.9 Å². The van der Waals surface area contributed by atoms with Crippen molar-refractivity contribution in [3.05, 3.63) is 71.8 Å². The van der Waals surface area contributed by atoms with E-state index in [1.54, 1.807) is 56.7 Å². The van der Waals surface area contributed by atoms with Gasteiger partial charge in [-0.05, 0) is 60.9 Å². The lowest BCUT2D eigenvalue weighted by molar-refractivity contribution is 0.104. The summed E-state index contributed by atoms with van der Waals surface area (Å²) in [6.45, 7) is 6.26. The molecule has 0 bridgehead atoms. The highest BCUT2D eigenvalue weighted by atomic mass is 16.5. The van der Waals surface area contributed by atoms with Gasteiger partial charge in [-0.25, -0.2) is 0 Å². The summed E-state index contributed by atoms with van der Waals surface area (Å²) >= 11 is 0. The summed E-state index contributed by atoms with van der Waals surface area (Å²) < 4.78 is 16.7. The summed E-state index contributed by atoms with van der Waals surface area (Å²) in [4.78, 5) is 12.5. The Hall–Kier alpha value is -3.01. The predicted molar refractivity (Wildman–Crippen MR) is 123 cm³/mol. The molecular formula is C26H32O4. The van der Waals surface area contributed by atoms with Gasteiger partial charge in [-0.2, -0.15) is 0 Å². The molecule has 0 spiro atoms. The van der Waals surface area contributed by atoms with Crippen molar-refractivity contribution in [2.75, 3.05) is 20.8 Å². The minimum atomic E-state index is -0.0770. The monoisotopic (exact) mass is 408 g/mol. The molecule has 4 nitrogen and oxygen atoms in total. The van der Waals surface area contributed by atoms with Crippen LogP contribution in [-0.2, 0) is 6.42 Å². The largest absolute Gasteiger partial charge is 0.496 e. The molecule has 0 amide bonds. The first-order valence-corrected chi connectivity index (χ1v) is 10.4. The quantitative estimate of drug-likeness (QED) is 0.169. The Labute approximate surface area is 180 Å². The van der Waals surface area contributed by atoms with Gasteiger partial charge < -0.3 is 14.2 Å². The number of allylic oxidation sites excluding steroid dienone is 1. The summed E-state index contributed by atoms with van der Waals surface area (Å²) in [5.41, 5.74) is 2.54. The molecule has 0 unspecified atom stereocenters. The van der Waals surface area contributed by atoms with Crippen molar-refractivity contribution < 1.29 is 19.0 Å². The first kappa shape index (κ1) is 23.3. The van der Waals surface area contributed by atoms with Gasteiger partial charge in [0.2, 0.25) is 0 Å². The van der Waals surface area contributed by atoms with Gasteiger partial charge in [0, 0.05) is 11.1 Å². The molecule has 0 aliphatic carbocycles. The summed E-state index contributed by atoms with van der Waals surface area (Å²) in [5.74, 6) is 2.22. The van der Waals surface area contributed by atoms with Gasteiger partial charge in [-0.15, -0.1) is 0 Å². The van der Waals surface area contributed by atoms with Crippen LogP contribution in [0.25, 0.3) is 6.08 Å². The maximum Gasteiger partial charge on any atom is 0.185 e. The Morgan fingerprint density at radius 3 is 2.23 bits per heavy atom. The normalized spacial score (nSPS) is 10.8. The second-order valence-corrected chi connectivity index (χ2v) is 7.04. The number of methoxy groups -OCH3 is 2. The third-order valence-electron chi connectivity index (χ3n) is 4.84. The van der Waals surface area contributed by atoms with E-state index in [0.29, 0.717) is 17.9 Å². The molecule has 30 heavy (non-hydrogen) atoms. The number of hydrogen-bond acceptors (Lipinski definition) is 4. The molecule has 0 aliphatic heterocycles. The molecule has 2 rings (SSSR count). The highest BCUT2D eigenvalue weighted by Crippen LogP contribution is 2.32. The number of hydrogen-bond donors (Lipinski definition) is 0. The fraction of sp³-hybridized carbons (Fsp3) is 0.346. The molecule has 2 aromatic carbocycles. The topological polar surface area (TPSA) is 44.8 Å². The summed E-state index contributed by atoms with van der Waals surface area (Å²) in [6.07, 6.45) is 10.7. The molecular weight excluding hydrogens is 376 g/mol. The first-order chi connectivity index (χ1) is 14.6. The Bertz CT molecular complexity index is 825. The van der Waals surface area contributed by atoms with Gasteiger partial charge in [-0.3, -0.25) is 4.79 Å². The second-order valence-electron chi connectivity index (χ2n) is 7.04. The van der Waals surface area contributed by atoms with Crippen molar-refractivity contribution in [3.63, 3.8) is 0 Å². The number of ketones is 1. The van der Waals surface area contributed by atoms with Crippen molar-refractivity contribution in [1.82, 2.24) is 0 Å². The van der Waals surface area contributed by atoms with Gasteiger partial charge in [-0.1, -0.05) is 44.9 Å². The van der Waals surface area contributed by atoms with Crippen LogP contribution in [-0.4, -0.2) is 26.6 Å². The number of ether oxygens (including phenoxy) is 3. The third-order valence-corrected chi connectivity index (χ3v) is 4.84. The molecule has 0 saturated heterocycles. The SMILES string of the molecule is C=CCOc1ccc(C(=O)C=Cc2cc(OC)c(CCCCCC)c(OC)c2)cc1. The lowest BCUT2D eigenvalue weighted by Crippen LogP contribution is -1.99. The molecule has 0 atom stereocenters. The molecule has 0 heterocycles. The van der Waals surface area contributed by atoms with Crippen LogP contribution in [0.2, 0.25) is 0 Å². The zero-order valence-electron chi connectivity index (χ0n) is 18.3. The van der Waals surface area contributed by atoms with E-state index >= 15 is 0 Å². The van der Waals surface area contributed by atoms with E-state index < -0.39 is 0 Å². The van der Waals surface area contributed by atoms with Crippen LogP contribution in [0.4, 0.5) is 0 Å². The van der Waals surface area contributed by atoms with Crippen LogP contribution in [0.5, 0.6) is 17.2 Å². The zero-order valence-corrected chi connectivity index (χ0v) is 18.3. The predicted octanol–water partition coefficient (Wildman–Crippen LogP) is 6.29. The van der Waals surface area contributed by atoms with Gasteiger partial charge >= 0.3 is 0 Å². The average Bonchev–Trinajstić information content (AvgIpc) is 2.79. The van der Waals surface area contributed by atoms with E-state index in [1.807, 2.05) is 12.1 Å². The van der Waals surface area contributed by atoms with Gasteiger partial charge in [0.1, 0.15) is 23.9 Å². The smallest absolute Gasteiger partial charge is 0.185 e. The molecule has 4 heteroatoms. The van der Waals surface area contributed by atoms with Crippen molar-refractivity contribution in [2.24, 2.45) is 0 Å². The molecule has 0 radical (unpaired) electrons. The van der Waals surface area contributed by atoms with E-state index in [9.17, 15) is 4.79 Å². The minimum Gasteiger partial charge on any atom is -0.496 e. The van der Waals surface area contributed by atoms with Crippen LogP contribution in [0.3, 0.4) is 0 Å². The molecule has 0 N–H and O–H groups in total. The lowest BCUT2D eigenvalue weighted by atomic mass is 10.0. The van der Waals surface area contributed by atoms with E-state index in [1.165, 1.54) is 19.3 Å². The van der Waals surface area contributed by atoms with E-state index in [-0.39, 0.29) is 5.78 Å². The summed E-state index contributed by atoms with van der Waals surface area (Å²) in [5, 5.41) is 0. The highest BCUT2D eigenvalue weighted by molar-refractivity contribution is 6.06. The van der Waals surface area contributed by atoms with Gasteiger partial charge in [0.25, 0.3) is 0 Å². The molecule has 0 aromatic heterocycles. The van der Waals surface area contributed by atoms with E-state index in [0.717, 1.165) is 35.5 Å². The Morgan fingerprint density at radius 2 is 1.67 bits per heavy atom. The van der Waals surface area contributed by atoms with E-state index in [4.69, 9.17) is 14.2 Å². The number of rotatable bonds is 13. The van der Waals surface area contributed by atoms with Crippen molar-refractivity contribution in [2.45, 2.75) is 39.0 Å². The third kappa shape index (κ3) is 6.80. The van der Waals surface area contributed by atoms with Crippen molar-refractivity contribution in [3.8, 4) is 17.2 Å². The molecule has 160 valence electrons. The second kappa shape index (κ2) is 12.5. The van der Waals surface area contributed by atoms with Crippen molar-refractivity contribution in [1.29, 1.82) is 0 Å². The number of carbonyl (C=O) groups is 1. The maximum absolute atomic E-state index is 12.5. The number of carbonyl (C=O) groups excluding carboxylic acids is 1. The fourth-order valence-corrected chi connectivity index (χ4v) is 3.21. The van der Waals surface area contributed by atoms with E-state index in [2.05, 4.69) is 13.5 Å². The maximum atomic E-state index is 12.5. The summed E-state index contributed by atoms with van der Waals surface area (Å²) in [6, 6.07) is 11.0. The van der Waals surface area contributed by atoms with Crippen LogP contribution >= 0.6 is 0 Å². The van der Waals surface area contributed by atoms with Gasteiger partial charge in [0.05, 0.1) is 14.2 Å². The minimum absolute atomic E-state index is 0.0770. The molecule has 2 aromatic rings. The molecule has 0 saturated carbocycles. The van der Waals surface area contributed by atoms with Crippen LogP contribution < -0.4 is 14.2 Å². The fourth-order valence-electron chi connectivity index (χ4n) is 3.21. The Morgan fingerprint density at radius 1 is 1.00 bits per heavy atom. The lowest BCUT2D eigenvalue weighted by Gasteiger charge is -2.14. The molecule has 0 aliphatic rings. The Kier molecular flexibility index (Phi) is 9.72. The van der Waals surface area contributed by atoms with Crippen LogP contribution in [0.1, 0.15) is 54.1 Å². The van der Waals surface area contributed by atoms with Crippen LogP contribution in [0, 0.1) is 0 Å². The highest BCUT2D eigenvalue weighted by Gasteiger charge is 2.12. The zero-order chi connectivity index (χ0) is 21.8. The van der Waals surface area contributed by atoms with Crippen LogP contribution in [0.15, 0.2) is 55.1 Å². The summed E-state index contributed by atoms with van der Waals surface area (Å²) in [7, 11) is 3.33. The first-order valence-electron chi connectivity index (χ1n) is 10.4. The Balaban J connectivity index is 2.13. The van der Waals surface area contributed by atoms with Gasteiger partial charge in [0.15, 0.2) is 5.78 Å². The molecule has 0 fully saturated rings. The number of unbranched alkanes of at least 4 members (excludes halogenated alkanes) is 3. The number of benzene rings is 2. The average molecular weight is 409 g/mol.